The van der Waals surface area contributed by atoms with Gasteiger partial charge in [0.15, 0.2) is 0 Å². The zero-order valence-corrected chi connectivity index (χ0v) is 16.9. The smallest absolute Gasteiger partial charge is 0.376 e. The molecule has 0 aliphatic rings. The third-order valence-electron chi connectivity index (χ3n) is 4.30. The summed E-state index contributed by atoms with van der Waals surface area (Å²) in [6.07, 6.45) is 0. The second-order valence-corrected chi connectivity index (χ2v) is 7.52. The van der Waals surface area contributed by atoms with E-state index in [1.54, 1.807) is 0 Å². The predicted molar refractivity (Wildman–Crippen MR) is 112 cm³/mol. The summed E-state index contributed by atoms with van der Waals surface area (Å²) in [5.74, 6) is 0. The molecule has 0 fully saturated rings. The van der Waals surface area contributed by atoms with Gasteiger partial charge >= 0.3 is 9.53 Å². The van der Waals surface area contributed by atoms with Crippen LogP contribution in [0.15, 0.2) is 60.7 Å². The first kappa shape index (κ1) is 18.8. The molecule has 0 atom stereocenters. The first-order valence-electron chi connectivity index (χ1n) is 9.25. The van der Waals surface area contributed by atoms with Gasteiger partial charge in [0.05, 0.1) is 0 Å². The number of hydrogen-bond donors (Lipinski definition) is 0. The van der Waals surface area contributed by atoms with E-state index in [-0.39, 0.29) is 0 Å². The fourth-order valence-corrected chi connectivity index (χ4v) is 4.33. The Morgan fingerprint density at radius 2 is 0.846 bits per heavy atom. The van der Waals surface area contributed by atoms with Crippen LogP contribution in [0.2, 0.25) is 0 Å². The van der Waals surface area contributed by atoms with Crippen molar-refractivity contribution < 1.29 is 13.3 Å². The molecule has 0 N–H and O–H groups in total. The topological polar surface area (TPSA) is 27.7 Å². The zero-order valence-electron chi connectivity index (χ0n) is 15.7. The van der Waals surface area contributed by atoms with E-state index in [0.717, 1.165) is 0 Å². The molecule has 4 aromatic carbocycles. The van der Waals surface area contributed by atoms with Crippen LogP contribution in [0.4, 0.5) is 0 Å². The summed E-state index contributed by atoms with van der Waals surface area (Å²) in [6.45, 7) is 7.86. The minimum Gasteiger partial charge on any atom is -0.376 e. The van der Waals surface area contributed by atoms with E-state index in [9.17, 15) is 0 Å². The van der Waals surface area contributed by atoms with Gasteiger partial charge in [0, 0.05) is 19.8 Å². The fourth-order valence-electron chi connectivity index (χ4n) is 3.22. The number of benzene rings is 4. The van der Waals surface area contributed by atoms with Crippen molar-refractivity contribution in [2.45, 2.75) is 20.8 Å². The highest BCUT2D eigenvalue weighted by atomic mass is 28.3. The third kappa shape index (κ3) is 4.05. The van der Waals surface area contributed by atoms with Crippen molar-refractivity contribution >= 4 is 41.8 Å². The van der Waals surface area contributed by atoms with E-state index >= 15 is 0 Å². The average molecular weight is 367 g/mol. The molecule has 0 spiro atoms. The highest BCUT2D eigenvalue weighted by molar-refractivity contribution is 6.36. The Bertz CT molecular complexity index is 810. The summed E-state index contributed by atoms with van der Waals surface area (Å²) in [5.41, 5.74) is 0. The van der Waals surface area contributed by atoms with Crippen LogP contribution >= 0.6 is 0 Å². The van der Waals surface area contributed by atoms with Gasteiger partial charge in [-0.3, -0.25) is 0 Å². The van der Waals surface area contributed by atoms with Gasteiger partial charge in [-0.1, -0.05) is 60.7 Å². The monoisotopic (exact) mass is 366 g/mol. The summed E-state index contributed by atoms with van der Waals surface area (Å²) in [5, 5.41) is 8.14. The SMILES string of the molecule is CCO[SiH](OCC)OCC.c1cc2ccc3cccc4ccc(c1)c2c34. The average Bonchev–Trinajstić information content (AvgIpc) is 2.67. The molecule has 0 radical (unpaired) electrons. The minimum absolute atomic E-state index is 0.677. The lowest BCUT2D eigenvalue weighted by atomic mass is 9.95. The van der Waals surface area contributed by atoms with Gasteiger partial charge in [-0.2, -0.15) is 0 Å². The van der Waals surface area contributed by atoms with Crippen LogP contribution in [-0.2, 0) is 13.3 Å². The Morgan fingerprint density at radius 3 is 1.12 bits per heavy atom. The van der Waals surface area contributed by atoms with Gasteiger partial charge in [-0.05, 0) is 53.1 Å². The molecule has 0 aromatic heterocycles. The second-order valence-electron chi connectivity index (χ2n) is 5.94. The molecule has 4 aromatic rings. The van der Waals surface area contributed by atoms with Gasteiger partial charge in [-0.25, -0.2) is 0 Å². The van der Waals surface area contributed by atoms with Crippen LogP contribution in [0.5, 0.6) is 0 Å². The molecule has 3 nitrogen and oxygen atoms in total. The maximum Gasteiger partial charge on any atom is 0.484 e. The van der Waals surface area contributed by atoms with Crippen LogP contribution in [0.1, 0.15) is 20.8 Å². The maximum atomic E-state index is 5.22. The second kappa shape index (κ2) is 9.10. The molecule has 26 heavy (non-hydrogen) atoms. The van der Waals surface area contributed by atoms with Crippen molar-refractivity contribution in [1.82, 2.24) is 0 Å². The molecule has 0 bridgehead atoms. The van der Waals surface area contributed by atoms with Gasteiger partial charge in [0.2, 0.25) is 0 Å². The first-order valence-corrected chi connectivity index (χ1v) is 10.7. The van der Waals surface area contributed by atoms with E-state index in [0.29, 0.717) is 19.8 Å². The van der Waals surface area contributed by atoms with Gasteiger partial charge in [0.25, 0.3) is 0 Å². The van der Waals surface area contributed by atoms with Gasteiger partial charge in [0.1, 0.15) is 0 Å². The first-order chi connectivity index (χ1) is 12.8. The summed E-state index contributed by atoms with van der Waals surface area (Å²) in [4.78, 5) is 0. The van der Waals surface area contributed by atoms with Crippen molar-refractivity contribution in [3.05, 3.63) is 60.7 Å². The van der Waals surface area contributed by atoms with E-state index in [1.807, 2.05) is 20.8 Å². The highest BCUT2D eigenvalue weighted by Gasteiger charge is 2.11. The molecular weight excluding hydrogens is 340 g/mol. The van der Waals surface area contributed by atoms with Gasteiger partial charge < -0.3 is 13.3 Å². The lowest BCUT2D eigenvalue weighted by Gasteiger charge is -2.12. The Kier molecular flexibility index (Phi) is 6.58. The molecule has 0 aliphatic heterocycles. The van der Waals surface area contributed by atoms with Gasteiger partial charge in [-0.15, -0.1) is 0 Å². The molecule has 0 saturated heterocycles. The summed E-state index contributed by atoms with van der Waals surface area (Å²) < 4.78 is 15.7. The van der Waals surface area contributed by atoms with E-state index in [1.165, 1.54) is 32.3 Å². The normalized spacial score (nSPS) is 11.4. The zero-order chi connectivity index (χ0) is 18.4. The molecule has 0 saturated carbocycles. The van der Waals surface area contributed by atoms with Crippen molar-refractivity contribution in [3.8, 4) is 0 Å². The Labute approximate surface area is 156 Å². The molecule has 136 valence electrons. The van der Waals surface area contributed by atoms with Crippen LogP contribution in [0.3, 0.4) is 0 Å². The molecular formula is C22H26O3Si. The summed E-state index contributed by atoms with van der Waals surface area (Å²) in [7, 11) is -1.73. The third-order valence-corrected chi connectivity index (χ3v) is 6.12. The largest absolute Gasteiger partial charge is 0.484 e. The number of hydrogen-bond acceptors (Lipinski definition) is 3. The van der Waals surface area contributed by atoms with Crippen molar-refractivity contribution in [2.24, 2.45) is 0 Å². The lowest BCUT2D eigenvalue weighted by molar-refractivity contribution is 0.107. The van der Waals surface area contributed by atoms with Crippen LogP contribution in [0.25, 0.3) is 32.3 Å². The summed E-state index contributed by atoms with van der Waals surface area (Å²) >= 11 is 0. The Morgan fingerprint density at radius 1 is 0.538 bits per heavy atom. The van der Waals surface area contributed by atoms with Crippen molar-refractivity contribution in [1.29, 1.82) is 0 Å². The minimum atomic E-state index is -1.73. The van der Waals surface area contributed by atoms with E-state index in [4.69, 9.17) is 13.3 Å². The van der Waals surface area contributed by atoms with Crippen LogP contribution in [-0.4, -0.2) is 29.3 Å². The fraction of sp³-hybridized carbons (Fsp3) is 0.273. The van der Waals surface area contributed by atoms with Crippen molar-refractivity contribution in [2.75, 3.05) is 19.8 Å². The van der Waals surface area contributed by atoms with E-state index in [2.05, 4.69) is 60.7 Å². The number of rotatable bonds is 6. The Hall–Kier alpha value is -1.98. The standard InChI is InChI=1S/C16H10.C6H16O3Si/c1-3-11-7-9-13-5-2-6-14-10-8-12(4-1)15(11)16(13)14;1-4-7-10(8-5-2)9-6-3/h1-10H;10H,4-6H2,1-3H3. The predicted octanol–water partition coefficient (Wildman–Crippen LogP) is 5.40. The maximum absolute atomic E-state index is 5.22. The molecule has 0 amide bonds. The van der Waals surface area contributed by atoms with Crippen LogP contribution in [0, 0.1) is 0 Å². The lowest BCUT2D eigenvalue weighted by Crippen LogP contribution is -2.27. The molecule has 0 heterocycles. The molecule has 4 rings (SSSR count). The summed E-state index contributed by atoms with van der Waals surface area (Å²) in [6, 6.07) is 21.9. The molecule has 4 heteroatoms. The van der Waals surface area contributed by atoms with Crippen molar-refractivity contribution in [3.63, 3.8) is 0 Å². The van der Waals surface area contributed by atoms with Crippen LogP contribution < -0.4 is 0 Å². The molecule has 0 aliphatic carbocycles. The Balaban J connectivity index is 0.000000172. The van der Waals surface area contributed by atoms with E-state index < -0.39 is 9.53 Å². The molecule has 0 unspecified atom stereocenters. The highest BCUT2D eigenvalue weighted by Crippen LogP contribution is 2.33. The quantitative estimate of drug-likeness (QED) is 0.338.